The van der Waals surface area contributed by atoms with Crippen LogP contribution in [0.4, 0.5) is 0 Å². The zero-order valence-corrected chi connectivity index (χ0v) is 7.85. The summed E-state index contributed by atoms with van der Waals surface area (Å²) in [6.07, 6.45) is 4.03. The minimum atomic E-state index is 0.442. The molecule has 2 rings (SSSR count). The molecule has 2 aliphatic rings. The van der Waals surface area contributed by atoms with Gasteiger partial charge >= 0.3 is 0 Å². The Morgan fingerprint density at radius 2 is 1.91 bits per heavy atom. The second kappa shape index (κ2) is 1.82. The molecular weight excluding hydrogens is 134 g/mol. The van der Waals surface area contributed by atoms with Crippen molar-refractivity contribution in [3.8, 4) is 0 Å². The minimum Gasteiger partial charge on any atom is -0.327 e. The zero-order valence-electron chi connectivity index (χ0n) is 7.85. The van der Waals surface area contributed by atoms with Gasteiger partial charge in [-0.2, -0.15) is 0 Å². The summed E-state index contributed by atoms with van der Waals surface area (Å²) < 4.78 is 0. The molecule has 0 aromatic rings. The molecule has 1 heteroatoms. The summed E-state index contributed by atoms with van der Waals surface area (Å²) in [5.41, 5.74) is 7.08. The van der Waals surface area contributed by atoms with Crippen LogP contribution in [0.25, 0.3) is 0 Å². The molecule has 0 aromatic carbocycles. The van der Waals surface area contributed by atoms with E-state index < -0.39 is 0 Å². The van der Waals surface area contributed by atoms with Crippen molar-refractivity contribution in [3.63, 3.8) is 0 Å². The van der Waals surface area contributed by atoms with Crippen LogP contribution in [-0.2, 0) is 0 Å². The van der Waals surface area contributed by atoms with E-state index in [-0.39, 0.29) is 0 Å². The number of hydrogen-bond donors (Lipinski definition) is 1. The molecule has 2 N–H and O–H groups in total. The molecule has 0 amide bonds. The fraction of sp³-hybridized carbons (Fsp3) is 1.00. The van der Waals surface area contributed by atoms with Crippen LogP contribution >= 0.6 is 0 Å². The molecule has 11 heavy (non-hydrogen) atoms. The van der Waals surface area contributed by atoms with Crippen molar-refractivity contribution in [1.29, 1.82) is 0 Å². The van der Waals surface area contributed by atoms with Gasteiger partial charge in [-0.25, -0.2) is 0 Å². The van der Waals surface area contributed by atoms with Crippen molar-refractivity contribution >= 4 is 0 Å². The van der Waals surface area contributed by atoms with Gasteiger partial charge in [0.1, 0.15) is 0 Å². The molecule has 64 valence electrons. The Bertz CT molecular complexity index is 185. The van der Waals surface area contributed by atoms with E-state index in [4.69, 9.17) is 5.73 Å². The van der Waals surface area contributed by atoms with E-state index in [1.54, 1.807) is 0 Å². The first kappa shape index (κ1) is 7.60. The van der Waals surface area contributed by atoms with Gasteiger partial charge in [0.2, 0.25) is 0 Å². The molecule has 0 aromatic heterocycles. The lowest BCUT2D eigenvalue weighted by atomic mass is 9.69. The quantitative estimate of drug-likeness (QED) is 0.567. The molecule has 0 saturated heterocycles. The number of hydrogen-bond acceptors (Lipinski definition) is 1. The van der Waals surface area contributed by atoms with Crippen LogP contribution in [0.2, 0.25) is 0 Å². The molecule has 2 saturated carbocycles. The lowest BCUT2D eigenvalue weighted by Crippen LogP contribution is -2.40. The first-order chi connectivity index (χ1) is 4.98. The summed E-state index contributed by atoms with van der Waals surface area (Å²) in [7, 11) is 0. The second-order valence-electron chi connectivity index (χ2n) is 5.22. The van der Waals surface area contributed by atoms with Crippen LogP contribution in [0, 0.1) is 16.7 Å². The molecular formula is C10H19N. The molecule has 2 fully saturated rings. The highest BCUT2D eigenvalue weighted by Crippen LogP contribution is 2.64. The Morgan fingerprint density at radius 1 is 1.27 bits per heavy atom. The highest BCUT2D eigenvalue weighted by molar-refractivity contribution is 5.11. The van der Waals surface area contributed by atoms with Crippen LogP contribution in [0.1, 0.15) is 40.0 Å². The van der Waals surface area contributed by atoms with Crippen molar-refractivity contribution in [2.75, 3.05) is 0 Å². The van der Waals surface area contributed by atoms with Gasteiger partial charge in [0.05, 0.1) is 0 Å². The van der Waals surface area contributed by atoms with Crippen LogP contribution < -0.4 is 5.73 Å². The number of fused-ring (bicyclic) bond motifs is 2. The summed E-state index contributed by atoms with van der Waals surface area (Å²) in [5, 5.41) is 0. The highest BCUT2D eigenvalue weighted by atomic mass is 14.8. The third kappa shape index (κ3) is 0.658. The van der Waals surface area contributed by atoms with Crippen molar-refractivity contribution in [3.05, 3.63) is 0 Å². The first-order valence-electron chi connectivity index (χ1n) is 4.74. The molecule has 0 spiro atoms. The molecule has 0 radical (unpaired) electrons. The summed E-state index contributed by atoms with van der Waals surface area (Å²) in [5.74, 6) is 0.905. The van der Waals surface area contributed by atoms with Crippen LogP contribution in [0.15, 0.2) is 0 Å². The normalized spacial score (nSPS) is 53.5. The molecule has 0 heterocycles. The summed E-state index contributed by atoms with van der Waals surface area (Å²) >= 11 is 0. The second-order valence-corrected chi connectivity index (χ2v) is 5.22. The molecule has 2 aliphatic carbocycles. The molecule has 0 aliphatic heterocycles. The average molecular weight is 153 g/mol. The summed E-state index contributed by atoms with van der Waals surface area (Å²) in [6, 6.07) is 0.469. The molecule has 3 atom stereocenters. The average Bonchev–Trinajstić information content (AvgIpc) is 2.20. The van der Waals surface area contributed by atoms with E-state index in [2.05, 4.69) is 20.8 Å². The summed E-state index contributed by atoms with van der Waals surface area (Å²) in [4.78, 5) is 0. The SMILES string of the molecule is CC1(C)C2CC[C@@]1(C)[C@@H](N)C2. The smallest absolute Gasteiger partial charge is 0.0101 e. The van der Waals surface area contributed by atoms with Gasteiger partial charge in [-0.3, -0.25) is 0 Å². The van der Waals surface area contributed by atoms with Gasteiger partial charge in [0, 0.05) is 6.04 Å². The van der Waals surface area contributed by atoms with Gasteiger partial charge in [-0.15, -0.1) is 0 Å². The van der Waals surface area contributed by atoms with Gasteiger partial charge in [-0.1, -0.05) is 20.8 Å². The predicted octanol–water partition coefficient (Wildman–Crippen LogP) is 2.16. The monoisotopic (exact) mass is 153 g/mol. The van der Waals surface area contributed by atoms with E-state index in [9.17, 15) is 0 Å². The van der Waals surface area contributed by atoms with Crippen LogP contribution in [0.5, 0.6) is 0 Å². The summed E-state index contributed by atoms with van der Waals surface area (Å²) in [6.45, 7) is 7.18. The maximum atomic E-state index is 6.13. The van der Waals surface area contributed by atoms with E-state index in [1.807, 2.05) is 0 Å². The maximum absolute atomic E-state index is 6.13. The van der Waals surface area contributed by atoms with Gasteiger partial charge in [-0.05, 0) is 36.0 Å². The maximum Gasteiger partial charge on any atom is 0.0101 e. The van der Waals surface area contributed by atoms with Crippen LogP contribution in [-0.4, -0.2) is 6.04 Å². The van der Waals surface area contributed by atoms with Gasteiger partial charge in [0.25, 0.3) is 0 Å². The minimum absolute atomic E-state index is 0.442. The Labute approximate surface area is 69.4 Å². The third-order valence-corrected chi connectivity index (χ3v) is 4.86. The van der Waals surface area contributed by atoms with Crippen molar-refractivity contribution in [2.24, 2.45) is 22.5 Å². The lowest BCUT2D eigenvalue weighted by Gasteiger charge is -2.37. The molecule has 1 unspecified atom stereocenters. The third-order valence-electron chi connectivity index (χ3n) is 4.86. The van der Waals surface area contributed by atoms with E-state index in [0.29, 0.717) is 16.9 Å². The molecule has 1 nitrogen and oxygen atoms in total. The predicted molar refractivity (Wildman–Crippen MR) is 47.2 cm³/mol. The topological polar surface area (TPSA) is 26.0 Å². The Balaban J connectivity index is 2.40. The first-order valence-corrected chi connectivity index (χ1v) is 4.74. The molecule has 2 bridgehead atoms. The standard InChI is InChI=1S/C10H19N/c1-9(2)7-4-5-10(9,3)8(11)6-7/h7-8H,4-6,11H2,1-3H3/t7?,8-,10-/m0/s1. The fourth-order valence-electron chi connectivity index (χ4n) is 3.27. The number of nitrogens with two attached hydrogens (primary N) is 1. The highest BCUT2D eigenvalue weighted by Gasteiger charge is 2.59. The zero-order chi connectivity index (χ0) is 8.28. The van der Waals surface area contributed by atoms with E-state index in [0.717, 1.165) is 5.92 Å². The van der Waals surface area contributed by atoms with Crippen molar-refractivity contribution in [2.45, 2.75) is 46.1 Å². The Kier molecular flexibility index (Phi) is 1.26. The fourth-order valence-corrected chi connectivity index (χ4v) is 3.27. The van der Waals surface area contributed by atoms with Crippen LogP contribution in [0.3, 0.4) is 0 Å². The lowest BCUT2D eigenvalue weighted by molar-refractivity contribution is 0.136. The van der Waals surface area contributed by atoms with Gasteiger partial charge < -0.3 is 5.73 Å². The van der Waals surface area contributed by atoms with Gasteiger partial charge in [0.15, 0.2) is 0 Å². The van der Waals surface area contributed by atoms with Crippen molar-refractivity contribution in [1.82, 2.24) is 0 Å². The Morgan fingerprint density at radius 3 is 2.09 bits per heavy atom. The number of rotatable bonds is 0. The van der Waals surface area contributed by atoms with E-state index >= 15 is 0 Å². The van der Waals surface area contributed by atoms with Crippen molar-refractivity contribution < 1.29 is 0 Å². The Hall–Kier alpha value is -0.0400. The van der Waals surface area contributed by atoms with E-state index in [1.165, 1.54) is 19.3 Å². The largest absolute Gasteiger partial charge is 0.327 e.